The van der Waals surface area contributed by atoms with Crippen molar-refractivity contribution >= 4 is 23.3 Å². The Balaban J connectivity index is 0.000000605. The molecule has 2 aromatic heterocycles. The third-order valence-electron chi connectivity index (χ3n) is 1.41. The van der Waals surface area contributed by atoms with E-state index in [1.807, 2.05) is 6.07 Å². The molecule has 0 spiro atoms. The van der Waals surface area contributed by atoms with Crippen LogP contribution < -0.4 is 0 Å². The van der Waals surface area contributed by atoms with Crippen molar-refractivity contribution in [2.45, 2.75) is 0 Å². The van der Waals surface area contributed by atoms with Gasteiger partial charge in [0.25, 0.3) is 0 Å². The summed E-state index contributed by atoms with van der Waals surface area (Å²) in [7, 11) is 0. The van der Waals surface area contributed by atoms with Crippen LogP contribution in [0.15, 0.2) is 24.5 Å². The van der Waals surface area contributed by atoms with E-state index in [1.165, 1.54) is 0 Å². The molecule has 0 aliphatic carbocycles. The zero-order chi connectivity index (χ0) is 6.97. The maximum Gasteiger partial charge on any atom is 0.189 e. The van der Waals surface area contributed by atoms with E-state index in [9.17, 15) is 0 Å². The average molecular weight is 171 g/mol. The number of pyridine rings is 1. The number of hydrogen-bond acceptors (Lipinski definition) is 2. The summed E-state index contributed by atoms with van der Waals surface area (Å²) in [5.74, 6) is 0.183. The summed E-state index contributed by atoms with van der Waals surface area (Å²) in [5, 5.41) is 9.95. The molecule has 11 heavy (non-hydrogen) atoms. The summed E-state index contributed by atoms with van der Waals surface area (Å²) in [5.41, 5.74) is 0.861. The minimum atomic E-state index is 0. The van der Waals surface area contributed by atoms with Gasteiger partial charge in [-0.25, -0.2) is 0 Å². The molecule has 58 valence electrons. The number of H-pyrrole nitrogens is 1. The summed E-state index contributed by atoms with van der Waals surface area (Å²) in [6.07, 6.45) is 3.37. The van der Waals surface area contributed by atoms with Crippen LogP contribution in [0, 0.1) is 0 Å². The third-order valence-corrected chi connectivity index (χ3v) is 1.41. The molecule has 4 heteroatoms. The highest BCUT2D eigenvalue weighted by molar-refractivity contribution is 5.85. The van der Waals surface area contributed by atoms with Crippen LogP contribution in [-0.2, 0) is 0 Å². The van der Waals surface area contributed by atoms with Gasteiger partial charge in [-0.1, -0.05) is 0 Å². The maximum absolute atomic E-state index is 8.97. The number of aromatic amines is 1. The molecule has 0 saturated carbocycles. The van der Waals surface area contributed by atoms with Crippen LogP contribution in [-0.4, -0.2) is 15.1 Å². The Morgan fingerprint density at radius 1 is 1.45 bits per heavy atom. The SMILES string of the molecule is Cl.Oc1cc2ccncc2[nH]1. The molecule has 2 heterocycles. The van der Waals surface area contributed by atoms with E-state index < -0.39 is 0 Å². The lowest BCUT2D eigenvalue weighted by molar-refractivity contribution is 0.458. The van der Waals surface area contributed by atoms with Gasteiger partial charge in [0.2, 0.25) is 0 Å². The minimum Gasteiger partial charge on any atom is -0.495 e. The molecule has 0 radical (unpaired) electrons. The Bertz CT molecular complexity index is 325. The average Bonchev–Trinajstić information content (AvgIpc) is 2.27. The molecule has 0 aliphatic heterocycles. The van der Waals surface area contributed by atoms with Gasteiger partial charge in [-0.2, -0.15) is 0 Å². The van der Waals surface area contributed by atoms with Crippen LogP contribution in [0.1, 0.15) is 0 Å². The van der Waals surface area contributed by atoms with Gasteiger partial charge in [-0.15, -0.1) is 12.4 Å². The quantitative estimate of drug-likeness (QED) is 0.632. The molecule has 2 rings (SSSR count). The van der Waals surface area contributed by atoms with Gasteiger partial charge < -0.3 is 10.1 Å². The van der Waals surface area contributed by atoms with E-state index in [2.05, 4.69) is 9.97 Å². The summed E-state index contributed by atoms with van der Waals surface area (Å²) in [6, 6.07) is 3.50. The van der Waals surface area contributed by atoms with Crippen LogP contribution in [0.2, 0.25) is 0 Å². The molecule has 0 saturated heterocycles. The number of aromatic nitrogens is 2. The number of hydrogen-bond donors (Lipinski definition) is 2. The fourth-order valence-electron chi connectivity index (χ4n) is 0.957. The van der Waals surface area contributed by atoms with Crippen molar-refractivity contribution in [1.82, 2.24) is 9.97 Å². The molecular weight excluding hydrogens is 164 g/mol. The lowest BCUT2D eigenvalue weighted by Gasteiger charge is -1.82. The number of nitrogens with zero attached hydrogens (tertiary/aromatic N) is 1. The molecule has 0 amide bonds. The first-order chi connectivity index (χ1) is 4.86. The summed E-state index contributed by atoms with van der Waals surface area (Å²) < 4.78 is 0. The van der Waals surface area contributed by atoms with E-state index in [0.29, 0.717) is 0 Å². The molecule has 3 nitrogen and oxygen atoms in total. The first-order valence-corrected chi connectivity index (χ1v) is 2.98. The van der Waals surface area contributed by atoms with Crippen LogP contribution >= 0.6 is 12.4 Å². The second-order valence-electron chi connectivity index (χ2n) is 2.12. The molecule has 0 atom stereocenters. The predicted molar refractivity (Wildman–Crippen MR) is 45.0 cm³/mol. The Morgan fingerprint density at radius 3 is 3.00 bits per heavy atom. The Labute approximate surface area is 69.5 Å². The molecule has 2 aromatic rings. The number of nitrogens with one attached hydrogen (secondary N) is 1. The van der Waals surface area contributed by atoms with Gasteiger partial charge in [-0.3, -0.25) is 4.98 Å². The number of halogens is 1. The fourth-order valence-corrected chi connectivity index (χ4v) is 0.957. The smallest absolute Gasteiger partial charge is 0.189 e. The molecule has 0 aromatic carbocycles. The fraction of sp³-hybridized carbons (Fsp3) is 0. The van der Waals surface area contributed by atoms with Gasteiger partial charge in [-0.05, 0) is 6.07 Å². The Hall–Kier alpha value is -1.22. The van der Waals surface area contributed by atoms with Gasteiger partial charge in [0.1, 0.15) is 0 Å². The predicted octanol–water partition coefficient (Wildman–Crippen LogP) is 1.69. The van der Waals surface area contributed by atoms with Crippen LogP contribution in [0.25, 0.3) is 10.9 Å². The van der Waals surface area contributed by atoms with E-state index in [1.54, 1.807) is 18.5 Å². The minimum absolute atomic E-state index is 0. The molecule has 2 N–H and O–H groups in total. The van der Waals surface area contributed by atoms with Gasteiger partial charge in [0.15, 0.2) is 5.88 Å². The molecule has 0 unspecified atom stereocenters. The highest BCUT2D eigenvalue weighted by Gasteiger charge is 1.95. The second kappa shape index (κ2) is 2.80. The number of aromatic hydroxyl groups is 1. The lowest BCUT2D eigenvalue weighted by Crippen LogP contribution is -1.68. The van der Waals surface area contributed by atoms with Crippen molar-refractivity contribution in [3.05, 3.63) is 24.5 Å². The van der Waals surface area contributed by atoms with E-state index >= 15 is 0 Å². The monoisotopic (exact) mass is 170 g/mol. The van der Waals surface area contributed by atoms with E-state index in [0.717, 1.165) is 10.9 Å². The zero-order valence-corrected chi connectivity index (χ0v) is 6.43. The molecular formula is C7H7ClN2O. The van der Waals surface area contributed by atoms with E-state index in [4.69, 9.17) is 5.11 Å². The molecule has 0 aliphatic rings. The lowest BCUT2D eigenvalue weighted by atomic mass is 10.3. The second-order valence-corrected chi connectivity index (χ2v) is 2.12. The van der Waals surface area contributed by atoms with Crippen molar-refractivity contribution < 1.29 is 5.11 Å². The highest BCUT2D eigenvalue weighted by Crippen LogP contribution is 2.16. The largest absolute Gasteiger partial charge is 0.495 e. The first kappa shape index (κ1) is 7.88. The summed E-state index contributed by atoms with van der Waals surface area (Å²) in [6.45, 7) is 0. The normalized spacial score (nSPS) is 9.45. The Kier molecular flexibility index (Phi) is 2.01. The maximum atomic E-state index is 8.97. The zero-order valence-electron chi connectivity index (χ0n) is 5.61. The third kappa shape index (κ3) is 1.28. The van der Waals surface area contributed by atoms with Crippen LogP contribution in [0.4, 0.5) is 0 Å². The van der Waals surface area contributed by atoms with Crippen molar-refractivity contribution in [1.29, 1.82) is 0 Å². The number of fused-ring (bicyclic) bond motifs is 1. The molecule has 0 fully saturated rings. The van der Waals surface area contributed by atoms with Crippen LogP contribution in [0.5, 0.6) is 5.88 Å². The molecule has 0 bridgehead atoms. The van der Waals surface area contributed by atoms with Gasteiger partial charge >= 0.3 is 0 Å². The Morgan fingerprint density at radius 2 is 2.27 bits per heavy atom. The number of rotatable bonds is 0. The first-order valence-electron chi connectivity index (χ1n) is 2.98. The summed E-state index contributed by atoms with van der Waals surface area (Å²) >= 11 is 0. The van der Waals surface area contributed by atoms with Crippen molar-refractivity contribution in [3.63, 3.8) is 0 Å². The van der Waals surface area contributed by atoms with Gasteiger partial charge in [0, 0.05) is 17.6 Å². The van der Waals surface area contributed by atoms with Crippen molar-refractivity contribution in [2.24, 2.45) is 0 Å². The van der Waals surface area contributed by atoms with Gasteiger partial charge in [0.05, 0.1) is 11.7 Å². The van der Waals surface area contributed by atoms with Crippen LogP contribution in [0.3, 0.4) is 0 Å². The van der Waals surface area contributed by atoms with Crippen molar-refractivity contribution in [2.75, 3.05) is 0 Å². The van der Waals surface area contributed by atoms with E-state index in [-0.39, 0.29) is 18.3 Å². The highest BCUT2D eigenvalue weighted by atomic mass is 35.5. The standard InChI is InChI=1S/C7H6N2O.ClH/c10-7-3-5-1-2-8-4-6(5)9-7;/h1-4,9-10H;1H. The topological polar surface area (TPSA) is 48.9 Å². The van der Waals surface area contributed by atoms with Crippen molar-refractivity contribution in [3.8, 4) is 5.88 Å². The summed E-state index contributed by atoms with van der Waals surface area (Å²) in [4.78, 5) is 6.64.